The number of hydrogen-bond acceptors (Lipinski definition) is 4. The highest BCUT2D eigenvalue weighted by Crippen LogP contribution is 2.66. The summed E-state index contributed by atoms with van der Waals surface area (Å²) in [5.74, 6) is 1.64. The van der Waals surface area contributed by atoms with Crippen molar-refractivity contribution in [3.05, 3.63) is 415 Å². The molecule has 0 radical (unpaired) electrons. The summed E-state index contributed by atoms with van der Waals surface area (Å²) in [6, 6.07) is 142. The number of para-hydroxylation sites is 3. The van der Waals surface area contributed by atoms with Gasteiger partial charge in [0.15, 0.2) is 0 Å². The summed E-state index contributed by atoms with van der Waals surface area (Å²) in [7, 11) is 0. The molecule has 0 atom stereocenters. The van der Waals surface area contributed by atoms with Crippen LogP contribution in [0.2, 0.25) is 0 Å². The second kappa shape index (κ2) is 28.0. The number of nitrogens with zero attached hydrogens (tertiary/aromatic N) is 3. The predicted molar refractivity (Wildman–Crippen MR) is 530 cm³/mol. The largest absolute Gasteiger partial charge is 0.458 e. The van der Waals surface area contributed by atoms with Gasteiger partial charge in [-0.1, -0.05) is 374 Å². The van der Waals surface area contributed by atoms with Gasteiger partial charge in [-0.2, -0.15) is 0 Å². The Bertz CT molecular complexity index is 7090. The molecule has 23 rings (SSSR count). The van der Waals surface area contributed by atoms with Crippen molar-refractivity contribution in [2.24, 2.45) is 0 Å². The fourth-order valence-corrected chi connectivity index (χ4v) is 21.8. The number of fused-ring (bicyclic) bond motifs is 18. The molecular weight excluding hydrogens is 1510 g/mol. The van der Waals surface area contributed by atoms with Gasteiger partial charge in [0.25, 0.3) is 13.4 Å². The van der Waals surface area contributed by atoms with E-state index in [-0.39, 0.29) is 35.1 Å². The lowest BCUT2D eigenvalue weighted by Crippen LogP contribution is -2.64. The molecule has 0 amide bonds. The maximum Gasteiger partial charge on any atom is 0.256 e. The fraction of sp³-hybridized carbons (Fsp3) is 0.143. The molecule has 0 saturated heterocycles. The number of ether oxygens (including phenoxy) is 1. The maximum atomic E-state index is 8.49. The van der Waals surface area contributed by atoms with Gasteiger partial charge in [-0.3, -0.25) is 0 Å². The minimum absolute atomic E-state index is 0.151. The summed E-state index contributed by atoms with van der Waals surface area (Å²) < 4.78 is 8.49. The summed E-state index contributed by atoms with van der Waals surface area (Å²) in [6.07, 6.45) is 0. The summed E-state index contributed by atoms with van der Waals surface area (Å²) >= 11 is 0. The molecule has 0 aromatic heterocycles. The van der Waals surface area contributed by atoms with E-state index in [1.807, 2.05) is 0 Å². The predicted octanol–water partition coefficient (Wildman–Crippen LogP) is 27.7. The van der Waals surface area contributed by atoms with E-state index in [2.05, 4.69) is 468 Å². The van der Waals surface area contributed by atoms with Gasteiger partial charge in [0, 0.05) is 68.1 Å². The van der Waals surface area contributed by atoms with Crippen molar-refractivity contribution in [3.63, 3.8) is 0 Å². The van der Waals surface area contributed by atoms with Crippen molar-refractivity contribution < 1.29 is 4.74 Å². The molecule has 17 aromatic carbocycles. The smallest absolute Gasteiger partial charge is 0.256 e. The van der Waals surface area contributed by atoms with Crippen LogP contribution in [0.1, 0.15) is 128 Å². The van der Waals surface area contributed by atoms with Gasteiger partial charge < -0.3 is 19.4 Å². The highest BCUT2D eigenvalue weighted by molar-refractivity contribution is 7.02. The van der Waals surface area contributed by atoms with E-state index in [1.54, 1.807) is 0 Å². The van der Waals surface area contributed by atoms with E-state index >= 15 is 0 Å². The van der Waals surface area contributed by atoms with Gasteiger partial charge in [-0.15, -0.1) is 0 Å². The topological polar surface area (TPSA) is 19.0 Å². The van der Waals surface area contributed by atoms with Crippen LogP contribution >= 0.6 is 0 Å². The highest BCUT2D eigenvalue weighted by Gasteiger charge is 2.54. The first-order chi connectivity index (χ1) is 60.6. The Hall–Kier alpha value is -13.9. The van der Waals surface area contributed by atoms with Crippen LogP contribution in [0.4, 0.5) is 51.2 Å². The third kappa shape index (κ3) is 11.7. The quantitative estimate of drug-likeness (QED) is 0.134. The minimum Gasteiger partial charge on any atom is -0.458 e. The molecule has 125 heavy (non-hydrogen) atoms. The molecule has 0 fully saturated rings. The maximum absolute atomic E-state index is 8.49. The Balaban J connectivity index is 0.865. The Kier molecular flexibility index (Phi) is 17.1. The Morgan fingerprint density at radius 3 is 1.05 bits per heavy atom. The molecule has 0 bridgehead atoms. The third-order valence-electron chi connectivity index (χ3n) is 27.9. The molecule has 2 aliphatic carbocycles. The minimum atomic E-state index is -0.657. The average Bonchev–Trinajstić information content (AvgIpc) is 1.66. The van der Waals surface area contributed by atoms with E-state index in [0.29, 0.717) is 0 Å². The van der Waals surface area contributed by atoms with Gasteiger partial charge in [0.05, 0.1) is 16.8 Å². The Morgan fingerprint density at radius 2 is 0.576 bits per heavy atom. The molecule has 1 spiro atoms. The van der Waals surface area contributed by atoms with Crippen LogP contribution < -0.4 is 52.2 Å². The number of anilines is 9. The van der Waals surface area contributed by atoms with E-state index < -0.39 is 5.41 Å². The first-order valence-corrected chi connectivity index (χ1v) is 44.6. The summed E-state index contributed by atoms with van der Waals surface area (Å²) in [5.41, 5.74) is 44.7. The van der Waals surface area contributed by atoms with Crippen molar-refractivity contribution in [1.29, 1.82) is 0 Å². The number of hydrogen-bond donors (Lipinski definition) is 0. The fourth-order valence-electron chi connectivity index (χ4n) is 21.8. The van der Waals surface area contributed by atoms with Gasteiger partial charge in [0.1, 0.15) is 11.5 Å². The molecule has 0 N–H and O–H groups in total. The average molecular weight is 1610 g/mol. The zero-order valence-corrected chi connectivity index (χ0v) is 73.1. The second-order valence-corrected chi connectivity index (χ2v) is 39.4. The Morgan fingerprint density at radius 1 is 0.224 bits per heavy atom. The highest BCUT2D eigenvalue weighted by atomic mass is 16.5. The molecule has 4 heterocycles. The lowest BCUT2D eigenvalue weighted by molar-refractivity contribution is 0.488. The monoisotopic (exact) mass is 1610 g/mol. The van der Waals surface area contributed by atoms with Crippen LogP contribution in [0.5, 0.6) is 11.5 Å². The van der Waals surface area contributed by atoms with E-state index in [4.69, 9.17) is 4.74 Å². The summed E-state index contributed by atoms with van der Waals surface area (Å²) in [6.45, 7) is 27.7. The zero-order chi connectivity index (χ0) is 84.9. The van der Waals surface area contributed by atoms with E-state index in [0.717, 1.165) is 135 Å². The molecular formula is C119H97B2N3O. The Labute approximate surface area is 737 Å². The van der Waals surface area contributed by atoms with Crippen molar-refractivity contribution in [1.82, 2.24) is 0 Å². The zero-order valence-electron chi connectivity index (χ0n) is 73.1. The van der Waals surface area contributed by atoms with Crippen LogP contribution in [0.3, 0.4) is 0 Å². The lowest BCUT2D eigenvalue weighted by atomic mass is 9.30. The summed E-state index contributed by atoms with van der Waals surface area (Å²) in [5, 5.41) is 0. The molecule has 6 aliphatic rings. The first kappa shape index (κ1) is 76.0. The van der Waals surface area contributed by atoms with Crippen LogP contribution in [-0.4, -0.2) is 13.4 Å². The standard InChI is InChI=1S/C119H97B2N3O/c1-115(2,3)81-61-78(62-82(67-81)116(4,5)6)79-63-105-111-106(64-79)124(114-93(76-43-22-15-23-44-76)70-84(118(10,11)12)71-94(114)77-45-24-16-25-46-77)104-73-108-101(72-100(104)120(111)98-57-34-36-59-102(98)122(105)85-47-26-17-27-48-85)121-99-58-35-37-60-103(99)123(113-91(74-39-18-13-19-40-74)68-83(117(7,8)9)69-92(113)75-41-20-14-21-42-75)107-65-80(66-109(125-108)112(107)121)86-52-38-53-90-89-51-30-33-56-97(89)119(110(86)90)95-54-31-28-49-87(95)88-50-29-32-55-96(88)119/h13-73H,1-12H3. The third-order valence-corrected chi connectivity index (χ3v) is 27.9. The number of rotatable bonds is 9. The second-order valence-electron chi connectivity index (χ2n) is 39.4. The molecule has 6 heteroatoms. The van der Waals surface area contributed by atoms with Crippen molar-refractivity contribution in [2.45, 2.75) is 110 Å². The molecule has 17 aromatic rings. The van der Waals surface area contributed by atoms with Crippen LogP contribution in [0, 0.1) is 0 Å². The van der Waals surface area contributed by atoms with Gasteiger partial charge >= 0.3 is 0 Å². The molecule has 4 nitrogen and oxygen atoms in total. The van der Waals surface area contributed by atoms with Crippen LogP contribution in [0.15, 0.2) is 370 Å². The summed E-state index contributed by atoms with van der Waals surface area (Å²) in [4.78, 5) is 7.97. The van der Waals surface area contributed by atoms with Crippen LogP contribution in [-0.2, 0) is 27.1 Å². The lowest BCUT2D eigenvalue weighted by Gasteiger charge is -2.46. The molecule has 0 saturated carbocycles. The van der Waals surface area contributed by atoms with Gasteiger partial charge in [0.2, 0.25) is 0 Å². The first-order valence-electron chi connectivity index (χ1n) is 44.6. The molecule has 4 aliphatic heterocycles. The van der Waals surface area contributed by atoms with E-state index in [1.165, 1.54) is 94.2 Å². The van der Waals surface area contributed by atoms with Gasteiger partial charge in [-0.05, 0) is 239 Å². The van der Waals surface area contributed by atoms with Crippen molar-refractivity contribution >= 4 is 97.4 Å². The van der Waals surface area contributed by atoms with E-state index in [9.17, 15) is 0 Å². The number of benzene rings is 17. The van der Waals surface area contributed by atoms with Crippen LogP contribution in [0.25, 0.3) is 89.0 Å². The normalized spacial score (nSPS) is 14.0. The molecule has 0 unspecified atom stereocenters. The van der Waals surface area contributed by atoms with Gasteiger partial charge in [-0.25, -0.2) is 0 Å². The SMILES string of the molecule is CC(C)(C)c1cc(-c2cc3c4c(c2)N(c2c(-c5ccccc5)cc(C(C)(C)C)cc2-c2ccccc2)c2cc5c(cc2B4c2ccccc2N3c2ccccc2)B2c3ccccc3N(c3c(-c4ccccc4)cc(C(C)(C)C)cc3-c3ccccc3)c3cc(-c4cccc6c4C4(c7ccccc7-c7ccccc74)c4ccccc4-6)cc(c32)O5)cc(C(C)(C)C)c1. The van der Waals surface area contributed by atoms with Crippen molar-refractivity contribution in [2.75, 3.05) is 14.7 Å². The molecule has 600 valence electrons. The van der Waals surface area contributed by atoms with Crippen molar-refractivity contribution in [3.8, 4) is 101 Å².